The minimum absolute atomic E-state index is 0.622. The number of rotatable bonds is 4. The fourth-order valence-electron chi connectivity index (χ4n) is 3.07. The molecule has 1 heterocycles. The Bertz CT molecular complexity index is 594. The molecule has 1 unspecified atom stereocenters. The van der Waals surface area contributed by atoms with Crippen molar-refractivity contribution in [2.24, 2.45) is 0 Å². The SMILES string of the molecule is COc1ccc(C2CCN(Cc3cccc(N)c3)C2)cc1. The molecule has 2 N–H and O–H groups in total. The highest BCUT2D eigenvalue weighted by molar-refractivity contribution is 5.40. The van der Waals surface area contributed by atoms with Gasteiger partial charge in [0.05, 0.1) is 7.11 Å². The molecule has 1 aliphatic rings. The summed E-state index contributed by atoms with van der Waals surface area (Å²) in [5.41, 5.74) is 9.40. The molecule has 0 amide bonds. The van der Waals surface area contributed by atoms with Crippen LogP contribution in [0.4, 0.5) is 5.69 Å². The fraction of sp³-hybridized carbons (Fsp3) is 0.333. The van der Waals surface area contributed by atoms with E-state index in [1.165, 1.54) is 17.5 Å². The summed E-state index contributed by atoms with van der Waals surface area (Å²) in [5.74, 6) is 1.55. The van der Waals surface area contributed by atoms with Crippen LogP contribution in [0.3, 0.4) is 0 Å². The molecule has 0 saturated carbocycles. The molecular formula is C18H22N2O. The Hall–Kier alpha value is -2.00. The van der Waals surface area contributed by atoms with Crippen molar-refractivity contribution >= 4 is 5.69 Å². The maximum Gasteiger partial charge on any atom is 0.118 e. The van der Waals surface area contributed by atoms with Crippen LogP contribution in [-0.2, 0) is 6.54 Å². The third-order valence-corrected chi connectivity index (χ3v) is 4.22. The Morgan fingerprint density at radius 2 is 2.00 bits per heavy atom. The number of nitrogens with two attached hydrogens (primary N) is 1. The van der Waals surface area contributed by atoms with Gasteiger partial charge < -0.3 is 10.5 Å². The van der Waals surface area contributed by atoms with Crippen LogP contribution in [0.25, 0.3) is 0 Å². The van der Waals surface area contributed by atoms with Gasteiger partial charge in [-0.05, 0) is 54.3 Å². The molecule has 21 heavy (non-hydrogen) atoms. The Balaban J connectivity index is 1.62. The molecule has 0 aliphatic carbocycles. The Morgan fingerprint density at radius 3 is 2.71 bits per heavy atom. The zero-order chi connectivity index (χ0) is 14.7. The van der Waals surface area contributed by atoms with Crippen LogP contribution < -0.4 is 10.5 Å². The number of anilines is 1. The molecule has 3 heteroatoms. The second-order valence-electron chi connectivity index (χ2n) is 5.74. The minimum Gasteiger partial charge on any atom is -0.497 e. The molecule has 110 valence electrons. The quantitative estimate of drug-likeness (QED) is 0.875. The lowest BCUT2D eigenvalue weighted by molar-refractivity contribution is 0.327. The summed E-state index contributed by atoms with van der Waals surface area (Å²) in [4.78, 5) is 2.50. The maximum absolute atomic E-state index is 5.85. The van der Waals surface area contributed by atoms with E-state index < -0.39 is 0 Å². The van der Waals surface area contributed by atoms with Gasteiger partial charge in [-0.15, -0.1) is 0 Å². The lowest BCUT2D eigenvalue weighted by Crippen LogP contribution is -2.19. The van der Waals surface area contributed by atoms with E-state index in [4.69, 9.17) is 10.5 Å². The zero-order valence-corrected chi connectivity index (χ0v) is 12.5. The Kier molecular flexibility index (Phi) is 4.11. The van der Waals surface area contributed by atoms with Gasteiger partial charge in [-0.25, -0.2) is 0 Å². The van der Waals surface area contributed by atoms with Crippen molar-refractivity contribution in [3.63, 3.8) is 0 Å². The second-order valence-corrected chi connectivity index (χ2v) is 5.74. The maximum atomic E-state index is 5.85. The summed E-state index contributed by atoms with van der Waals surface area (Å²) in [6, 6.07) is 16.7. The molecule has 3 rings (SSSR count). The third kappa shape index (κ3) is 3.37. The Labute approximate surface area is 126 Å². The van der Waals surface area contributed by atoms with E-state index in [0.29, 0.717) is 5.92 Å². The molecule has 0 radical (unpaired) electrons. The molecule has 3 nitrogen and oxygen atoms in total. The standard InChI is InChI=1S/C18H22N2O/c1-21-18-7-5-15(6-8-18)16-9-10-20(13-16)12-14-3-2-4-17(19)11-14/h2-8,11,16H,9-10,12-13,19H2,1H3. The van der Waals surface area contributed by atoms with Crippen LogP contribution in [0, 0.1) is 0 Å². The lowest BCUT2D eigenvalue weighted by atomic mass is 9.98. The van der Waals surface area contributed by atoms with Crippen molar-refractivity contribution in [1.82, 2.24) is 4.90 Å². The van der Waals surface area contributed by atoms with Crippen LogP contribution in [0.2, 0.25) is 0 Å². The number of methoxy groups -OCH3 is 1. The molecule has 0 spiro atoms. The number of hydrogen-bond donors (Lipinski definition) is 1. The lowest BCUT2D eigenvalue weighted by Gasteiger charge is -2.16. The molecule has 2 aromatic rings. The number of likely N-dealkylation sites (tertiary alicyclic amines) is 1. The highest BCUT2D eigenvalue weighted by atomic mass is 16.5. The van der Waals surface area contributed by atoms with Crippen molar-refractivity contribution in [2.75, 3.05) is 25.9 Å². The van der Waals surface area contributed by atoms with E-state index in [-0.39, 0.29) is 0 Å². The molecule has 1 aliphatic heterocycles. The highest BCUT2D eigenvalue weighted by Gasteiger charge is 2.23. The number of nitrogens with zero attached hydrogens (tertiary/aromatic N) is 1. The van der Waals surface area contributed by atoms with Gasteiger partial charge >= 0.3 is 0 Å². The smallest absolute Gasteiger partial charge is 0.118 e. The zero-order valence-electron chi connectivity index (χ0n) is 12.5. The van der Waals surface area contributed by atoms with Crippen molar-refractivity contribution in [2.45, 2.75) is 18.9 Å². The molecule has 2 aromatic carbocycles. The van der Waals surface area contributed by atoms with Gasteiger partial charge in [0.15, 0.2) is 0 Å². The highest BCUT2D eigenvalue weighted by Crippen LogP contribution is 2.29. The first-order chi connectivity index (χ1) is 10.2. The van der Waals surface area contributed by atoms with Crippen molar-refractivity contribution in [1.29, 1.82) is 0 Å². The van der Waals surface area contributed by atoms with Crippen molar-refractivity contribution in [3.8, 4) is 5.75 Å². The summed E-state index contributed by atoms with van der Waals surface area (Å²) >= 11 is 0. The molecule has 0 aromatic heterocycles. The van der Waals surface area contributed by atoms with Gasteiger partial charge in [0.1, 0.15) is 5.75 Å². The van der Waals surface area contributed by atoms with Crippen molar-refractivity contribution < 1.29 is 4.74 Å². The fourth-order valence-corrected chi connectivity index (χ4v) is 3.07. The first-order valence-corrected chi connectivity index (χ1v) is 7.45. The first kappa shape index (κ1) is 14.0. The number of nitrogen functional groups attached to an aromatic ring is 1. The second kappa shape index (κ2) is 6.19. The van der Waals surface area contributed by atoms with Crippen LogP contribution in [0.5, 0.6) is 5.75 Å². The van der Waals surface area contributed by atoms with Crippen LogP contribution in [-0.4, -0.2) is 25.1 Å². The van der Waals surface area contributed by atoms with Crippen LogP contribution >= 0.6 is 0 Å². The average Bonchev–Trinajstić information content (AvgIpc) is 2.96. The van der Waals surface area contributed by atoms with Gasteiger partial charge in [-0.3, -0.25) is 4.90 Å². The number of hydrogen-bond acceptors (Lipinski definition) is 3. The van der Waals surface area contributed by atoms with E-state index in [0.717, 1.165) is 31.1 Å². The monoisotopic (exact) mass is 282 g/mol. The largest absolute Gasteiger partial charge is 0.497 e. The Morgan fingerprint density at radius 1 is 1.19 bits per heavy atom. The number of ether oxygens (including phenoxy) is 1. The van der Waals surface area contributed by atoms with Gasteiger partial charge in [-0.1, -0.05) is 24.3 Å². The van der Waals surface area contributed by atoms with E-state index in [2.05, 4.69) is 41.3 Å². The summed E-state index contributed by atoms with van der Waals surface area (Å²) in [6.45, 7) is 3.24. The predicted molar refractivity (Wildman–Crippen MR) is 86.5 cm³/mol. The van der Waals surface area contributed by atoms with E-state index >= 15 is 0 Å². The summed E-state index contributed by atoms with van der Waals surface area (Å²) in [5, 5.41) is 0. The normalized spacial score (nSPS) is 18.8. The number of benzene rings is 2. The minimum atomic E-state index is 0.622. The van der Waals surface area contributed by atoms with E-state index in [1.807, 2.05) is 12.1 Å². The predicted octanol–water partition coefficient (Wildman–Crippen LogP) is 3.27. The van der Waals surface area contributed by atoms with Crippen LogP contribution in [0.1, 0.15) is 23.5 Å². The summed E-state index contributed by atoms with van der Waals surface area (Å²) in [6.07, 6.45) is 1.22. The van der Waals surface area contributed by atoms with Gasteiger partial charge in [0.25, 0.3) is 0 Å². The van der Waals surface area contributed by atoms with Crippen molar-refractivity contribution in [3.05, 3.63) is 59.7 Å². The van der Waals surface area contributed by atoms with E-state index in [9.17, 15) is 0 Å². The van der Waals surface area contributed by atoms with Crippen LogP contribution in [0.15, 0.2) is 48.5 Å². The van der Waals surface area contributed by atoms with Gasteiger partial charge in [0.2, 0.25) is 0 Å². The average molecular weight is 282 g/mol. The molecular weight excluding hydrogens is 260 g/mol. The molecule has 1 fully saturated rings. The molecule has 0 bridgehead atoms. The van der Waals surface area contributed by atoms with Gasteiger partial charge in [0, 0.05) is 18.8 Å². The molecule has 1 saturated heterocycles. The third-order valence-electron chi connectivity index (χ3n) is 4.22. The van der Waals surface area contributed by atoms with Gasteiger partial charge in [-0.2, -0.15) is 0 Å². The summed E-state index contributed by atoms with van der Waals surface area (Å²) < 4.78 is 5.22. The topological polar surface area (TPSA) is 38.5 Å². The first-order valence-electron chi connectivity index (χ1n) is 7.45. The van der Waals surface area contributed by atoms with E-state index in [1.54, 1.807) is 7.11 Å². The summed E-state index contributed by atoms with van der Waals surface area (Å²) in [7, 11) is 1.71. The molecule has 1 atom stereocenters.